The average Bonchev–Trinajstić information content (AvgIpc) is 2.23. The molecule has 5 nitrogen and oxygen atoms in total. The molecule has 0 saturated heterocycles. The molecule has 0 atom stereocenters. The Bertz CT molecular complexity index is 258. The highest BCUT2D eigenvalue weighted by atomic mass is 16.4. The van der Waals surface area contributed by atoms with E-state index in [9.17, 15) is 9.59 Å². The van der Waals surface area contributed by atoms with Crippen molar-refractivity contribution in [3.63, 3.8) is 0 Å². The van der Waals surface area contributed by atoms with Crippen LogP contribution in [0.2, 0.25) is 0 Å². The first kappa shape index (κ1) is 14.3. The molecule has 0 aromatic carbocycles. The Morgan fingerprint density at radius 3 is 2.31 bits per heavy atom. The number of carboxylic acid groups (broad SMARTS) is 1. The number of aliphatic carboxylic acids is 1. The van der Waals surface area contributed by atoms with Gasteiger partial charge in [-0.15, -0.1) is 12.3 Å². The monoisotopic (exact) mass is 226 g/mol. The van der Waals surface area contributed by atoms with Crippen LogP contribution in [0, 0.1) is 12.3 Å². The van der Waals surface area contributed by atoms with Crippen LogP contribution in [0.5, 0.6) is 0 Å². The molecular formula is C11H18N2O3. The Hall–Kier alpha value is -1.70. The minimum atomic E-state index is -0.807. The van der Waals surface area contributed by atoms with E-state index in [2.05, 4.69) is 16.6 Å². The molecule has 0 aromatic rings. The zero-order chi connectivity index (χ0) is 12.2. The Kier molecular flexibility index (Phi) is 8.79. The van der Waals surface area contributed by atoms with E-state index in [1.165, 1.54) is 0 Å². The van der Waals surface area contributed by atoms with Gasteiger partial charge >= 0.3 is 12.0 Å². The molecular weight excluding hydrogens is 208 g/mol. The van der Waals surface area contributed by atoms with Gasteiger partial charge in [-0.25, -0.2) is 4.79 Å². The topological polar surface area (TPSA) is 78.4 Å². The summed E-state index contributed by atoms with van der Waals surface area (Å²) in [5, 5.41) is 13.7. The van der Waals surface area contributed by atoms with E-state index in [1.54, 1.807) is 0 Å². The molecule has 5 heteroatoms. The van der Waals surface area contributed by atoms with E-state index in [1.807, 2.05) is 0 Å². The van der Waals surface area contributed by atoms with Crippen molar-refractivity contribution in [1.29, 1.82) is 0 Å². The number of nitrogens with one attached hydrogen (secondary N) is 2. The first-order valence-corrected chi connectivity index (χ1v) is 5.33. The van der Waals surface area contributed by atoms with Gasteiger partial charge in [0.1, 0.15) is 0 Å². The second-order valence-electron chi connectivity index (χ2n) is 3.34. The van der Waals surface area contributed by atoms with E-state index < -0.39 is 5.97 Å². The minimum absolute atomic E-state index is 0.144. The van der Waals surface area contributed by atoms with E-state index >= 15 is 0 Å². The number of hydrogen-bond acceptors (Lipinski definition) is 2. The van der Waals surface area contributed by atoms with Crippen molar-refractivity contribution in [3.05, 3.63) is 0 Å². The number of terminal acetylenes is 1. The van der Waals surface area contributed by atoms with Gasteiger partial charge < -0.3 is 15.7 Å². The standard InChI is InChI=1S/C11H18N2O3/c1-2-3-5-8-12-11(16)13-9-6-4-7-10(14)15/h1H,3-9H2,(H,14,15)(H2,12,13,16). The molecule has 0 rings (SSSR count). The van der Waals surface area contributed by atoms with Gasteiger partial charge in [0, 0.05) is 25.9 Å². The van der Waals surface area contributed by atoms with Crippen molar-refractivity contribution in [3.8, 4) is 12.3 Å². The first-order valence-electron chi connectivity index (χ1n) is 5.33. The maximum absolute atomic E-state index is 11.1. The number of carbonyl (C=O) groups is 2. The average molecular weight is 226 g/mol. The van der Waals surface area contributed by atoms with Crippen LogP contribution in [-0.2, 0) is 4.79 Å². The third-order valence-electron chi connectivity index (χ3n) is 1.89. The summed E-state index contributed by atoms with van der Waals surface area (Å²) in [7, 11) is 0. The molecule has 0 aliphatic carbocycles. The molecule has 0 aliphatic heterocycles. The van der Waals surface area contributed by atoms with Crippen molar-refractivity contribution >= 4 is 12.0 Å². The zero-order valence-corrected chi connectivity index (χ0v) is 9.29. The van der Waals surface area contributed by atoms with Crippen molar-refractivity contribution in [2.24, 2.45) is 0 Å². The Morgan fingerprint density at radius 2 is 1.75 bits per heavy atom. The number of carboxylic acids is 1. The molecule has 3 N–H and O–H groups in total. The lowest BCUT2D eigenvalue weighted by atomic mass is 10.2. The number of amides is 2. The maximum Gasteiger partial charge on any atom is 0.314 e. The minimum Gasteiger partial charge on any atom is -0.481 e. The van der Waals surface area contributed by atoms with Crippen LogP contribution in [0.15, 0.2) is 0 Å². The molecule has 0 bridgehead atoms. The summed E-state index contributed by atoms with van der Waals surface area (Å²) in [5.74, 6) is 1.68. The third kappa shape index (κ3) is 10.4. The number of rotatable bonds is 8. The first-order chi connectivity index (χ1) is 7.66. The van der Waals surface area contributed by atoms with Crippen LogP contribution in [0.1, 0.15) is 32.1 Å². The molecule has 0 aliphatic rings. The Balaban J connectivity index is 3.24. The summed E-state index contributed by atoms with van der Waals surface area (Å²) in [4.78, 5) is 21.3. The lowest BCUT2D eigenvalue weighted by Crippen LogP contribution is -2.36. The van der Waals surface area contributed by atoms with Gasteiger partial charge in [-0.2, -0.15) is 0 Å². The molecule has 0 saturated carbocycles. The van der Waals surface area contributed by atoms with Crippen molar-refractivity contribution in [2.75, 3.05) is 13.1 Å². The molecule has 0 spiro atoms. The summed E-state index contributed by atoms with van der Waals surface area (Å²) in [5.41, 5.74) is 0. The Labute approximate surface area is 95.6 Å². The van der Waals surface area contributed by atoms with Crippen LogP contribution in [-0.4, -0.2) is 30.2 Å². The third-order valence-corrected chi connectivity index (χ3v) is 1.89. The largest absolute Gasteiger partial charge is 0.481 e. The maximum atomic E-state index is 11.1. The van der Waals surface area contributed by atoms with Gasteiger partial charge in [0.15, 0.2) is 0 Å². The predicted octanol–water partition coefficient (Wildman–Crippen LogP) is 0.954. The normalized spacial score (nSPS) is 9.19. The van der Waals surface area contributed by atoms with Crippen LogP contribution in [0.25, 0.3) is 0 Å². The highest BCUT2D eigenvalue weighted by Gasteiger charge is 1.99. The van der Waals surface area contributed by atoms with Crippen LogP contribution in [0.3, 0.4) is 0 Å². The van der Waals surface area contributed by atoms with E-state index in [0.717, 1.165) is 6.42 Å². The summed E-state index contributed by atoms with van der Waals surface area (Å²) in [6.45, 7) is 1.05. The molecule has 0 heterocycles. The van der Waals surface area contributed by atoms with Crippen LogP contribution < -0.4 is 10.6 Å². The highest BCUT2D eigenvalue weighted by molar-refractivity contribution is 5.73. The number of hydrogen-bond donors (Lipinski definition) is 3. The van der Waals surface area contributed by atoms with Crippen molar-refractivity contribution in [1.82, 2.24) is 10.6 Å². The lowest BCUT2D eigenvalue weighted by Gasteiger charge is -2.06. The number of carbonyl (C=O) groups excluding carboxylic acids is 1. The molecule has 0 aromatic heterocycles. The Morgan fingerprint density at radius 1 is 1.12 bits per heavy atom. The van der Waals surface area contributed by atoms with Gasteiger partial charge in [-0.1, -0.05) is 0 Å². The predicted molar refractivity (Wildman–Crippen MR) is 61.0 cm³/mol. The van der Waals surface area contributed by atoms with Crippen molar-refractivity contribution in [2.45, 2.75) is 32.1 Å². The fraction of sp³-hybridized carbons (Fsp3) is 0.636. The summed E-state index contributed by atoms with van der Waals surface area (Å²) in [6, 6.07) is -0.229. The SMILES string of the molecule is C#CCCCNC(=O)NCCCCC(=O)O. The molecule has 2 amide bonds. The summed E-state index contributed by atoms with van der Waals surface area (Å²) >= 11 is 0. The fourth-order valence-corrected chi connectivity index (χ4v) is 1.06. The number of unbranched alkanes of at least 4 members (excludes halogenated alkanes) is 2. The summed E-state index contributed by atoms with van der Waals surface area (Å²) in [6.07, 6.45) is 7.87. The lowest BCUT2D eigenvalue weighted by molar-refractivity contribution is -0.137. The van der Waals surface area contributed by atoms with Crippen LogP contribution in [0.4, 0.5) is 4.79 Å². The van der Waals surface area contributed by atoms with Gasteiger partial charge in [0.2, 0.25) is 0 Å². The van der Waals surface area contributed by atoms with Gasteiger partial charge in [-0.3, -0.25) is 4.79 Å². The molecule has 16 heavy (non-hydrogen) atoms. The summed E-state index contributed by atoms with van der Waals surface area (Å²) < 4.78 is 0. The van der Waals surface area contributed by atoms with Gasteiger partial charge in [-0.05, 0) is 19.3 Å². The smallest absolute Gasteiger partial charge is 0.314 e. The molecule has 0 fully saturated rings. The fourth-order valence-electron chi connectivity index (χ4n) is 1.06. The van der Waals surface area contributed by atoms with Crippen LogP contribution >= 0.6 is 0 Å². The quantitative estimate of drug-likeness (QED) is 0.426. The van der Waals surface area contributed by atoms with Crippen molar-refractivity contribution < 1.29 is 14.7 Å². The van der Waals surface area contributed by atoms with E-state index in [-0.39, 0.29) is 12.5 Å². The zero-order valence-electron chi connectivity index (χ0n) is 9.29. The molecule has 0 unspecified atom stereocenters. The van der Waals surface area contributed by atoms with Gasteiger partial charge in [0.25, 0.3) is 0 Å². The second kappa shape index (κ2) is 9.84. The highest BCUT2D eigenvalue weighted by Crippen LogP contribution is 1.93. The molecule has 0 radical (unpaired) electrons. The van der Waals surface area contributed by atoms with E-state index in [4.69, 9.17) is 11.5 Å². The number of urea groups is 1. The second-order valence-corrected chi connectivity index (χ2v) is 3.34. The van der Waals surface area contributed by atoms with Gasteiger partial charge in [0.05, 0.1) is 0 Å². The van der Waals surface area contributed by atoms with E-state index in [0.29, 0.717) is 32.4 Å². The molecule has 90 valence electrons.